The van der Waals surface area contributed by atoms with Crippen molar-refractivity contribution in [2.45, 2.75) is 26.0 Å². The molecule has 1 saturated heterocycles. The number of hydrogen-bond donors (Lipinski definition) is 1. The number of hydrogen-bond acceptors (Lipinski definition) is 4. The average Bonchev–Trinajstić information content (AvgIpc) is 2.94. The Morgan fingerprint density at radius 2 is 2.05 bits per heavy atom. The van der Waals surface area contributed by atoms with E-state index in [4.69, 9.17) is 9.47 Å². The Kier molecular flexibility index (Phi) is 5.43. The minimum absolute atomic E-state index is 0.0756. The van der Waals surface area contributed by atoms with Gasteiger partial charge in [-0.25, -0.2) is 9.59 Å². The zero-order chi connectivity index (χ0) is 15.1. The molecule has 2 amide bonds. The van der Waals surface area contributed by atoms with E-state index in [0.29, 0.717) is 26.1 Å². The highest BCUT2D eigenvalue weighted by molar-refractivity contribution is 5.69. The molecule has 0 radical (unpaired) electrons. The lowest BCUT2D eigenvalue weighted by molar-refractivity contribution is 0.103. The normalized spacial score (nSPS) is 17.4. The van der Waals surface area contributed by atoms with E-state index < -0.39 is 6.09 Å². The number of nitrogens with zero attached hydrogens (tertiary/aromatic N) is 1. The second kappa shape index (κ2) is 7.52. The summed E-state index contributed by atoms with van der Waals surface area (Å²) in [7, 11) is 0. The number of amides is 2. The summed E-state index contributed by atoms with van der Waals surface area (Å²) >= 11 is 0. The van der Waals surface area contributed by atoms with Gasteiger partial charge in [0, 0.05) is 13.1 Å². The first-order valence-corrected chi connectivity index (χ1v) is 7.08. The van der Waals surface area contributed by atoms with Crippen LogP contribution in [-0.2, 0) is 16.1 Å². The first-order valence-electron chi connectivity index (χ1n) is 7.08. The lowest BCUT2D eigenvalue weighted by Gasteiger charge is -2.16. The van der Waals surface area contributed by atoms with Crippen molar-refractivity contribution in [3.8, 4) is 0 Å². The molecule has 0 aromatic heterocycles. The first kappa shape index (κ1) is 15.2. The van der Waals surface area contributed by atoms with Crippen molar-refractivity contribution in [3.63, 3.8) is 0 Å². The molecule has 21 heavy (non-hydrogen) atoms. The first-order chi connectivity index (χ1) is 10.2. The van der Waals surface area contributed by atoms with Crippen LogP contribution in [0.5, 0.6) is 0 Å². The predicted molar refractivity (Wildman–Crippen MR) is 76.8 cm³/mol. The Hall–Kier alpha value is -2.24. The summed E-state index contributed by atoms with van der Waals surface area (Å²) in [6.07, 6.45) is -0.0896. The van der Waals surface area contributed by atoms with Crippen LogP contribution in [0.4, 0.5) is 9.59 Å². The van der Waals surface area contributed by atoms with Gasteiger partial charge in [-0.1, -0.05) is 30.3 Å². The second-order valence-electron chi connectivity index (χ2n) is 4.84. The number of nitrogens with one attached hydrogen (secondary N) is 1. The fourth-order valence-electron chi connectivity index (χ4n) is 2.19. The van der Waals surface area contributed by atoms with E-state index in [1.807, 2.05) is 30.3 Å². The maximum atomic E-state index is 11.9. The number of likely N-dealkylation sites (tertiary alicyclic amines) is 1. The van der Waals surface area contributed by atoms with Crippen LogP contribution < -0.4 is 5.32 Å². The third-order valence-electron chi connectivity index (χ3n) is 3.25. The fourth-order valence-corrected chi connectivity index (χ4v) is 2.19. The molecule has 0 bridgehead atoms. The number of carbonyl (C=O) groups excluding carboxylic acids is 2. The summed E-state index contributed by atoms with van der Waals surface area (Å²) in [5, 5.41) is 2.73. The molecule has 0 spiro atoms. The Morgan fingerprint density at radius 1 is 1.29 bits per heavy atom. The number of carbonyl (C=O) groups is 2. The number of benzene rings is 1. The molecule has 0 aliphatic carbocycles. The monoisotopic (exact) mass is 292 g/mol. The summed E-state index contributed by atoms with van der Waals surface area (Å²) in [4.78, 5) is 24.9. The molecule has 1 atom stereocenters. The third kappa shape index (κ3) is 4.66. The molecule has 1 aliphatic rings. The summed E-state index contributed by atoms with van der Waals surface area (Å²) in [6, 6.07) is 9.45. The summed E-state index contributed by atoms with van der Waals surface area (Å²) in [5.41, 5.74) is 0.950. The maximum absolute atomic E-state index is 11.9. The smallest absolute Gasteiger partial charge is 0.410 e. The van der Waals surface area contributed by atoms with Crippen LogP contribution in [0.15, 0.2) is 30.3 Å². The molecule has 1 N–H and O–H groups in total. The quantitative estimate of drug-likeness (QED) is 0.923. The van der Waals surface area contributed by atoms with Gasteiger partial charge < -0.3 is 19.7 Å². The SMILES string of the molecule is CCOC(=O)NC1CCN(C(=O)OCc2ccccc2)C1. The third-order valence-corrected chi connectivity index (χ3v) is 3.25. The van der Waals surface area contributed by atoms with Crippen LogP contribution in [-0.4, -0.2) is 42.8 Å². The van der Waals surface area contributed by atoms with Crippen LogP contribution >= 0.6 is 0 Å². The summed E-state index contributed by atoms with van der Waals surface area (Å²) < 4.78 is 10.1. The van der Waals surface area contributed by atoms with Crippen LogP contribution in [0.3, 0.4) is 0 Å². The molecule has 1 heterocycles. The topological polar surface area (TPSA) is 67.9 Å². The standard InChI is InChI=1S/C15H20N2O4/c1-2-20-14(18)16-13-8-9-17(10-13)15(19)21-11-12-6-4-3-5-7-12/h3-7,13H,2,8-11H2,1H3,(H,16,18). The van der Waals surface area contributed by atoms with E-state index in [0.717, 1.165) is 5.56 Å². The van der Waals surface area contributed by atoms with Gasteiger partial charge in [0.2, 0.25) is 0 Å². The van der Waals surface area contributed by atoms with E-state index in [9.17, 15) is 9.59 Å². The number of ether oxygens (including phenoxy) is 2. The van der Waals surface area contributed by atoms with Crippen LogP contribution in [0.25, 0.3) is 0 Å². The van der Waals surface area contributed by atoms with Gasteiger partial charge in [0.05, 0.1) is 12.6 Å². The molecule has 6 heteroatoms. The van der Waals surface area contributed by atoms with Gasteiger partial charge in [0.25, 0.3) is 0 Å². The van der Waals surface area contributed by atoms with Crippen LogP contribution in [0, 0.1) is 0 Å². The molecule has 1 unspecified atom stereocenters. The van der Waals surface area contributed by atoms with Crippen molar-refractivity contribution in [2.75, 3.05) is 19.7 Å². The largest absolute Gasteiger partial charge is 0.450 e. The van der Waals surface area contributed by atoms with Crippen molar-refractivity contribution < 1.29 is 19.1 Å². The highest BCUT2D eigenvalue weighted by Gasteiger charge is 2.28. The lowest BCUT2D eigenvalue weighted by Crippen LogP contribution is -2.38. The molecule has 1 fully saturated rings. The van der Waals surface area contributed by atoms with E-state index in [1.54, 1.807) is 11.8 Å². The van der Waals surface area contributed by atoms with Crippen molar-refractivity contribution in [2.24, 2.45) is 0 Å². The fraction of sp³-hybridized carbons (Fsp3) is 0.467. The zero-order valence-electron chi connectivity index (χ0n) is 12.1. The van der Waals surface area contributed by atoms with E-state index in [1.165, 1.54) is 0 Å². The number of rotatable bonds is 4. The molecule has 0 saturated carbocycles. The minimum atomic E-state index is -0.443. The predicted octanol–water partition coefficient (Wildman–Crippen LogP) is 2.14. The highest BCUT2D eigenvalue weighted by Crippen LogP contribution is 2.12. The maximum Gasteiger partial charge on any atom is 0.410 e. The van der Waals surface area contributed by atoms with Crippen molar-refractivity contribution in [3.05, 3.63) is 35.9 Å². The molecule has 2 rings (SSSR count). The van der Waals surface area contributed by atoms with Crippen molar-refractivity contribution in [1.29, 1.82) is 0 Å². The summed E-state index contributed by atoms with van der Waals surface area (Å²) in [5.74, 6) is 0. The van der Waals surface area contributed by atoms with Gasteiger partial charge in [-0.2, -0.15) is 0 Å². The Bertz CT molecular complexity index is 478. The molecule has 1 aromatic carbocycles. The molecule has 114 valence electrons. The van der Waals surface area contributed by atoms with Gasteiger partial charge in [0.1, 0.15) is 6.61 Å². The van der Waals surface area contributed by atoms with Crippen molar-refractivity contribution in [1.82, 2.24) is 10.2 Å². The summed E-state index contributed by atoms with van der Waals surface area (Å²) in [6.45, 7) is 3.37. The molecular formula is C15H20N2O4. The van der Waals surface area contributed by atoms with Crippen LogP contribution in [0.2, 0.25) is 0 Å². The molecular weight excluding hydrogens is 272 g/mol. The zero-order valence-corrected chi connectivity index (χ0v) is 12.1. The van der Waals surface area contributed by atoms with E-state index in [2.05, 4.69) is 5.32 Å². The van der Waals surface area contributed by atoms with Gasteiger partial charge in [-0.15, -0.1) is 0 Å². The minimum Gasteiger partial charge on any atom is -0.450 e. The van der Waals surface area contributed by atoms with Gasteiger partial charge in [-0.05, 0) is 18.9 Å². The van der Waals surface area contributed by atoms with Gasteiger partial charge in [-0.3, -0.25) is 0 Å². The highest BCUT2D eigenvalue weighted by atomic mass is 16.6. The Balaban J connectivity index is 1.73. The Morgan fingerprint density at radius 3 is 2.76 bits per heavy atom. The lowest BCUT2D eigenvalue weighted by atomic mass is 10.2. The average molecular weight is 292 g/mol. The molecule has 1 aromatic rings. The number of alkyl carbamates (subject to hydrolysis) is 1. The molecule has 1 aliphatic heterocycles. The van der Waals surface area contributed by atoms with Crippen LogP contribution in [0.1, 0.15) is 18.9 Å². The van der Waals surface area contributed by atoms with Gasteiger partial charge in [0.15, 0.2) is 0 Å². The Labute approximate surface area is 124 Å². The van der Waals surface area contributed by atoms with Gasteiger partial charge >= 0.3 is 12.2 Å². The second-order valence-corrected chi connectivity index (χ2v) is 4.84. The van der Waals surface area contributed by atoms with E-state index in [-0.39, 0.29) is 18.7 Å². The van der Waals surface area contributed by atoms with Crippen molar-refractivity contribution >= 4 is 12.2 Å². The molecule has 6 nitrogen and oxygen atoms in total. The van der Waals surface area contributed by atoms with E-state index >= 15 is 0 Å².